The van der Waals surface area contributed by atoms with Crippen molar-refractivity contribution in [3.05, 3.63) is 0 Å². The molecule has 7 nitrogen and oxygen atoms in total. The van der Waals surface area contributed by atoms with Crippen molar-refractivity contribution in [3.8, 4) is 0 Å². The number of nitrogens with one attached hydrogen (secondary N) is 3. The van der Waals surface area contributed by atoms with E-state index in [0.717, 1.165) is 0 Å². The third-order valence-electron chi connectivity index (χ3n) is 1.68. The van der Waals surface area contributed by atoms with Gasteiger partial charge in [0.25, 0.3) is 0 Å². The second kappa shape index (κ2) is 7.80. The Balaban J connectivity index is 4.02. The third-order valence-corrected chi connectivity index (χ3v) is 2.33. The van der Waals surface area contributed by atoms with Crippen LogP contribution in [0.5, 0.6) is 0 Å². The summed E-state index contributed by atoms with van der Waals surface area (Å²) in [4.78, 5) is 22.0. The van der Waals surface area contributed by atoms with Crippen molar-refractivity contribution in [2.75, 3.05) is 18.6 Å². The minimum absolute atomic E-state index is 0.196. The second-order valence-electron chi connectivity index (χ2n) is 3.01. The molecule has 0 aromatic carbocycles. The van der Waals surface area contributed by atoms with Gasteiger partial charge in [0.2, 0.25) is 5.91 Å². The van der Waals surface area contributed by atoms with Crippen molar-refractivity contribution in [3.63, 3.8) is 0 Å². The quantitative estimate of drug-likeness (QED) is 0.284. The number of carbonyl (C=O) groups is 2. The normalized spacial score (nSPS) is 11.6. The predicted molar refractivity (Wildman–Crippen MR) is 62.5 cm³/mol. The first-order valence-electron chi connectivity index (χ1n) is 4.56. The van der Waals surface area contributed by atoms with Crippen LogP contribution >= 0.6 is 11.8 Å². The van der Waals surface area contributed by atoms with Gasteiger partial charge in [-0.3, -0.25) is 10.2 Å². The molecule has 0 radical (unpaired) electrons. The standard InChI is InChI=1S/C8H16N4O3S/c1-16-3-2-5(7(14)15)12-6(13)4-11-8(9)10/h5H,2-4H2,1H3,(H,12,13)(H,14,15)(H4,9,10,11)/t5-/m0/s1. The number of hydrogen-bond donors (Lipinski definition) is 5. The molecule has 0 bridgehead atoms. The largest absolute Gasteiger partial charge is 0.480 e. The Morgan fingerprint density at radius 2 is 2.19 bits per heavy atom. The summed E-state index contributed by atoms with van der Waals surface area (Å²) in [5, 5.41) is 20.3. The smallest absolute Gasteiger partial charge is 0.326 e. The topological polar surface area (TPSA) is 128 Å². The van der Waals surface area contributed by atoms with Gasteiger partial charge in [0.1, 0.15) is 6.04 Å². The van der Waals surface area contributed by atoms with Crippen LogP contribution in [0.25, 0.3) is 0 Å². The van der Waals surface area contributed by atoms with Crippen LogP contribution in [0.1, 0.15) is 6.42 Å². The van der Waals surface area contributed by atoms with E-state index in [2.05, 4.69) is 10.6 Å². The average Bonchev–Trinajstić information content (AvgIpc) is 2.20. The maximum atomic E-state index is 11.2. The first kappa shape index (κ1) is 14.6. The molecule has 1 atom stereocenters. The summed E-state index contributed by atoms with van der Waals surface area (Å²) in [5.41, 5.74) is 4.98. The summed E-state index contributed by atoms with van der Waals surface area (Å²) < 4.78 is 0. The van der Waals surface area contributed by atoms with Crippen molar-refractivity contribution in [2.45, 2.75) is 12.5 Å². The van der Waals surface area contributed by atoms with E-state index in [4.69, 9.17) is 16.2 Å². The van der Waals surface area contributed by atoms with Gasteiger partial charge in [-0.2, -0.15) is 11.8 Å². The highest BCUT2D eigenvalue weighted by Gasteiger charge is 2.18. The zero-order valence-electron chi connectivity index (χ0n) is 8.95. The summed E-state index contributed by atoms with van der Waals surface area (Å²) in [5.74, 6) is -1.24. The highest BCUT2D eigenvalue weighted by Crippen LogP contribution is 2.00. The molecule has 0 aromatic rings. The summed E-state index contributed by atoms with van der Waals surface area (Å²) in [7, 11) is 0. The summed E-state index contributed by atoms with van der Waals surface area (Å²) in [6.45, 7) is -0.196. The monoisotopic (exact) mass is 248 g/mol. The fourth-order valence-corrected chi connectivity index (χ4v) is 1.39. The van der Waals surface area contributed by atoms with Crippen LogP contribution in [-0.2, 0) is 9.59 Å². The fraction of sp³-hybridized carbons (Fsp3) is 0.625. The SMILES string of the molecule is CSCC[C@H](NC(=O)CNC(=N)N)C(=O)O. The maximum absolute atomic E-state index is 11.2. The summed E-state index contributed by atoms with van der Waals surface area (Å²) in [6.07, 6.45) is 2.22. The Morgan fingerprint density at radius 1 is 1.56 bits per heavy atom. The third kappa shape index (κ3) is 6.93. The van der Waals surface area contributed by atoms with Crippen LogP contribution in [0.2, 0.25) is 0 Å². The minimum Gasteiger partial charge on any atom is -0.480 e. The number of hydrogen-bond acceptors (Lipinski definition) is 4. The molecule has 0 aliphatic rings. The first-order chi connectivity index (χ1) is 7.47. The molecule has 0 fully saturated rings. The Kier molecular flexibility index (Phi) is 7.10. The molecule has 1 amide bonds. The lowest BCUT2D eigenvalue weighted by Crippen LogP contribution is -2.46. The van der Waals surface area contributed by atoms with Gasteiger partial charge in [0.15, 0.2) is 5.96 Å². The Labute approximate surface area is 97.7 Å². The van der Waals surface area contributed by atoms with Gasteiger partial charge in [-0.05, 0) is 18.4 Å². The van der Waals surface area contributed by atoms with Crippen LogP contribution in [-0.4, -0.2) is 47.5 Å². The van der Waals surface area contributed by atoms with Gasteiger partial charge in [0.05, 0.1) is 6.54 Å². The predicted octanol–water partition coefficient (Wildman–Crippen LogP) is -1.21. The van der Waals surface area contributed by atoms with Gasteiger partial charge < -0.3 is 21.5 Å². The number of carboxylic acid groups (broad SMARTS) is 1. The van der Waals surface area contributed by atoms with Crippen LogP contribution < -0.4 is 16.4 Å². The molecule has 6 N–H and O–H groups in total. The minimum atomic E-state index is -1.06. The molecular weight excluding hydrogens is 232 g/mol. The summed E-state index contributed by atoms with van der Waals surface area (Å²) in [6, 6.07) is -0.895. The second-order valence-corrected chi connectivity index (χ2v) is 3.99. The molecule has 0 heterocycles. The Hall–Kier alpha value is -1.44. The van der Waals surface area contributed by atoms with Gasteiger partial charge in [-0.1, -0.05) is 0 Å². The van der Waals surface area contributed by atoms with Gasteiger partial charge in [-0.15, -0.1) is 0 Å². The molecule has 0 saturated carbocycles. The van der Waals surface area contributed by atoms with E-state index in [0.29, 0.717) is 12.2 Å². The van der Waals surface area contributed by atoms with E-state index in [9.17, 15) is 9.59 Å². The van der Waals surface area contributed by atoms with Crippen LogP contribution in [0, 0.1) is 5.41 Å². The van der Waals surface area contributed by atoms with Crippen LogP contribution in [0.4, 0.5) is 0 Å². The average molecular weight is 248 g/mol. The fourth-order valence-electron chi connectivity index (χ4n) is 0.914. The van der Waals surface area contributed by atoms with Crippen molar-refractivity contribution in [2.24, 2.45) is 5.73 Å². The van der Waals surface area contributed by atoms with Crippen molar-refractivity contribution in [1.82, 2.24) is 10.6 Å². The van der Waals surface area contributed by atoms with Crippen molar-refractivity contribution < 1.29 is 14.7 Å². The number of aliphatic carboxylic acids is 1. The lowest BCUT2D eigenvalue weighted by Gasteiger charge is -2.14. The molecule has 0 aliphatic heterocycles. The molecular formula is C8H16N4O3S. The van der Waals surface area contributed by atoms with E-state index >= 15 is 0 Å². The Morgan fingerprint density at radius 3 is 2.62 bits per heavy atom. The lowest BCUT2D eigenvalue weighted by molar-refractivity contribution is -0.141. The van der Waals surface area contributed by atoms with Crippen molar-refractivity contribution >= 4 is 29.6 Å². The molecule has 0 rings (SSSR count). The molecule has 0 aromatic heterocycles. The Bertz CT molecular complexity index is 272. The number of thioether (sulfide) groups is 1. The molecule has 0 saturated heterocycles. The van der Waals surface area contributed by atoms with Gasteiger partial charge in [0, 0.05) is 0 Å². The zero-order valence-corrected chi connectivity index (χ0v) is 9.76. The molecule has 0 unspecified atom stereocenters. The van der Waals surface area contributed by atoms with E-state index < -0.39 is 17.9 Å². The number of guanidine groups is 1. The number of rotatable bonds is 7. The molecule has 0 aliphatic carbocycles. The highest BCUT2D eigenvalue weighted by atomic mass is 32.2. The maximum Gasteiger partial charge on any atom is 0.326 e. The number of carboxylic acids is 1. The zero-order chi connectivity index (χ0) is 12.6. The van der Waals surface area contributed by atoms with Crippen LogP contribution in [0.3, 0.4) is 0 Å². The summed E-state index contributed by atoms with van der Waals surface area (Å²) >= 11 is 1.51. The van der Waals surface area contributed by atoms with E-state index in [-0.39, 0.29) is 12.5 Å². The molecule has 92 valence electrons. The van der Waals surface area contributed by atoms with E-state index in [1.807, 2.05) is 6.26 Å². The number of nitrogens with two attached hydrogens (primary N) is 1. The molecule has 8 heteroatoms. The molecule has 16 heavy (non-hydrogen) atoms. The van der Waals surface area contributed by atoms with Crippen molar-refractivity contribution in [1.29, 1.82) is 5.41 Å². The van der Waals surface area contributed by atoms with Gasteiger partial charge >= 0.3 is 5.97 Å². The van der Waals surface area contributed by atoms with Gasteiger partial charge in [-0.25, -0.2) is 4.79 Å². The highest BCUT2D eigenvalue weighted by molar-refractivity contribution is 7.98. The number of carbonyl (C=O) groups excluding carboxylic acids is 1. The molecule has 0 spiro atoms. The van der Waals surface area contributed by atoms with E-state index in [1.54, 1.807) is 0 Å². The first-order valence-corrected chi connectivity index (χ1v) is 5.95. The lowest BCUT2D eigenvalue weighted by atomic mass is 10.2. The van der Waals surface area contributed by atoms with Crippen LogP contribution in [0.15, 0.2) is 0 Å². The van der Waals surface area contributed by atoms with E-state index in [1.165, 1.54) is 11.8 Å². The number of amides is 1.